The van der Waals surface area contributed by atoms with Gasteiger partial charge >= 0.3 is 10.2 Å². The van der Waals surface area contributed by atoms with Crippen LogP contribution in [0.4, 0.5) is 3.89 Å². The zero-order valence-corrected chi connectivity index (χ0v) is 9.28. The second-order valence-electron chi connectivity index (χ2n) is 2.65. The predicted octanol–water partition coefficient (Wildman–Crippen LogP) is 2.19. The molecule has 3 nitrogen and oxygen atoms in total. The van der Waals surface area contributed by atoms with Gasteiger partial charge in [-0.15, -0.1) is 3.89 Å². The molecule has 0 spiro atoms. The fourth-order valence-electron chi connectivity index (χ4n) is 0.941. The number of rotatable bonds is 3. The van der Waals surface area contributed by atoms with E-state index in [2.05, 4.69) is 15.9 Å². The van der Waals surface area contributed by atoms with Crippen LogP contribution in [0.5, 0.6) is 0 Å². The quantitative estimate of drug-likeness (QED) is 0.792. The third-order valence-electron chi connectivity index (χ3n) is 1.56. The lowest BCUT2D eigenvalue weighted by Crippen LogP contribution is -2.01. The van der Waals surface area contributed by atoms with E-state index in [1.807, 2.05) is 0 Å². The highest BCUT2D eigenvalue weighted by Gasteiger charge is 2.12. The van der Waals surface area contributed by atoms with E-state index in [-0.39, 0.29) is 6.42 Å². The fourth-order valence-corrected chi connectivity index (χ4v) is 1.91. The summed E-state index contributed by atoms with van der Waals surface area (Å²) in [5.41, 5.74) is 0.815. The molecular weight excluding hydrogens is 263 g/mol. The second kappa shape index (κ2) is 3.79. The first-order chi connectivity index (χ1) is 5.88. The molecule has 0 aliphatic heterocycles. The Morgan fingerprint density at radius 1 is 1.62 bits per heavy atom. The van der Waals surface area contributed by atoms with Gasteiger partial charge in [-0.3, -0.25) is 0 Å². The van der Waals surface area contributed by atoms with E-state index in [9.17, 15) is 12.3 Å². The van der Waals surface area contributed by atoms with Crippen LogP contribution in [0.3, 0.4) is 0 Å². The minimum Gasteiger partial charge on any atom is -0.454 e. The predicted molar refractivity (Wildman–Crippen MR) is 49.7 cm³/mol. The van der Waals surface area contributed by atoms with Crippen molar-refractivity contribution in [3.63, 3.8) is 0 Å². The van der Waals surface area contributed by atoms with Crippen LogP contribution in [-0.4, -0.2) is 14.2 Å². The molecule has 0 saturated carbocycles. The van der Waals surface area contributed by atoms with Gasteiger partial charge in [0, 0.05) is 6.42 Å². The molecule has 0 amide bonds. The molecule has 0 saturated heterocycles. The van der Waals surface area contributed by atoms with Crippen LogP contribution in [0.25, 0.3) is 0 Å². The average Bonchev–Trinajstić information content (AvgIpc) is 2.24. The number of hydrogen-bond donors (Lipinski definition) is 0. The van der Waals surface area contributed by atoms with Crippen LogP contribution in [0.2, 0.25) is 0 Å². The number of furan rings is 1. The summed E-state index contributed by atoms with van der Waals surface area (Å²) in [6, 6.07) is 1.71. The summed E-state index contributed by atoms with van der Waals surface area (Å²) in [6.45, 7) is 1.77. The van der Waals surface area contributed by atoms with Crippen molar-refractivity contribution in [1.82, 2.24) is 0 Å². The third kappa shape index (κ3) is 3.48. The summed E-state index contributed by atoms with van der Waals surface area (Å²) in [6.07, 6.45) is 0.0657. The van der Waals surface area contributed by atoms with E-state index < -0.39 is 16.0 Å². The van der Waals surface area contributed by atoms with Gasteiger partial charge in [-0.25, -0.2) is 0 Å². The molecule has 0 fully saturated rings. The highest BCUT2D eigenvalue weighted by molar-refractivity contribution is 9.10. The normalized spacial score (nSPS) is 11.9. The lowest BCUT2D eigenvalue weighted by molar-refractivity contribution is 0.487. The Labute approximate surface area is 84.3 Å². The molecule has 1 aromatic rings. The van der Waals surface area contributed by atoms with Crippen molar-refractivity contribution in [2.75, 3.05) is 5.75 Å². The fraction of sp³-hybridized carbons (Fsp3) is 0.429. The van der Waals surface area contributed by atoms with Crippen LogP contribution >= 0.6 is 15.9 Å². The van der Waals surface area contributed by atoms with E-state index >= 15 is 0 Å². The van der Waals surface area contributed by atoms with Gasteiger partial charge in [-0.2, -0.15) is 8.42 Å². The molecule has 0 unspecified atom stereocenters. The monoisotopic (exact) mass is 270 g/mol. The summed E-state index contributed by atoms with van der Waals surface area (Å²) in [5.74, 6) is -0.0403. The molecule has 13 heavy (non-hydrogen) atoms. The summed E-state index contributed by atoms with van der Waals surface area (Å²) < 4.78 is 38.2. The maximum absolute atomic E-state index is 12.1. The van der Waals surface area contributed by atoms with Crippen molar-refractivity contribution >= 4 is 26.2 Å². The Bertz CT molecular complexity index is 396. The summed E-state index contributed by atoms with van der Waals surface area (Å²) in [4.78, 5) is 0. The van der Waals surface area contributed by atoms with Crippen LogP contribution in [0, 0.1) is 6.92 Å². The SMILES string of the molecule is Cc1cc(Br)oc1CCS(=O)(=O)F. The van der Waals surface area contributed by atoms with Crippen LogP contribution in [-0.2, 0) is 16.6 Å². The summed E-state index contributed by atoms with van der Waals surface area (Å²) in [5, 5.41) is 0. The summed E-state index contributed by atoms with van der Waals surface area (Å²) >= 11 is 3.09. The van der Waals surface area contributed by atoms with Crippen molar-refractivity contribution in [3.8, 4) is 0 Å². The highest BCUT2D eigenvalue weighted by Crippen LogP contribution is 2.20. The maximum atomic E-state index is 12.1. The van der Waals surface area contributed by atoms with Crippen molar-refractivity contribution in [3.05, 3.63) is 22.1 Å². The number of hydrogen-bond acceptors (Lipinski definition) is 3. The standard InChI is InChI=1S/C7H8BrFO3S/c1-5-4-7(8)12-6(5)2-3-13(9,10)11/h4H,2-3H2,1H3. The summed E-state index contributed by atoms with van der Waals surface area (Å²) in [7, 11) is -4.41. The minimum atomic E-state index is -4.41. The van der Waals surface area contributed by atoms with Gasteiger partial charge in [-0.1, -0.05) is 0 Å². The minimum absolute atomic E-state index is 0.0657. The molecule has 0 N–H and O–H groups in total. The molecule has 0 aromatic carbocycles. The van der Waals surface area contributed by atoms with Crippen LogP contribution in [0.15, 0.2) is 15.2 Å². The first kappa shape index (κ1) is 10.7. The molecule has 0 aliphatic carbocycles. The van der Waals surface area contributed by atoms with Gasteiger partial charge in [0.1, 0.15) is 5.76 Å². The molecule has 1 aromatic heterocycles. The molecular formula is C7H8BrFO3S. The van der Waals surface area contributed by atoms with E-state index in [1.54, 1.807) is 13.0 Å². The topological polar surface area (TPSA) is 47.3 Å². The van der Waals surface area contributed by atoms with Crippen molar-refractivity contribution in [1.29, 1.82) is 0 Å². The Balaban J connectivity index is 2.70. The number of aryl methyl sites for hydroxylation is 2. The van der Waals surface area contributed by atoms with E-state index in [1.165, 1.54) is 0 Å². The zero-order chi connectivity index (χ0) is 10.1. The molecule has 6 heteroatoms. The van der Waals surface area contributed by atoms with E-state index in [4.69, 9.17) is 4.42 Å². The van der Waals surface area contributed by atoms with Crippen molar-refractivity contribution in [2.24, 2.45) is 0 Å². The van der Waals surface area contributed by atoms with Crippen LogP contribution < -0.4 is 0 Å². The Morgan fingerprint density at radius 3 is 2.62 bits per heavy atom. The first-order valence-electron chi connectivity index (χ1n) is 3.55. The maximum Gasteiger partial charge on any atom is 0.302 e. The molecule has 0 atom stereocenters. The Morgan fingerprint density at radius 2 is 2.23 bits per heavy atom. The first-order valence-corrected chi connectivity index (χ1v) is 5.90. The molecule has 0 bridgehead atoms. The molecule has 0 radical (unpaired) electrons. The molecule has 74 valence electrons. The largest absolute Gasteiger partial charge is 0.454 e. The van der Waals surface area contributed by atoms with E-state index in [0.29, 0.717) is 10.4 Å². The van der Waals surface area contributed by atoms with Gasteiger partial charge in [0.25, 0.3) is 0 Å². The molecule has 0 aliphatic rings. The lowest BCUT2D eigenvalue weighted by Gasteiger charge is -1.94. The zero-order valence-electron chi connectivity index (χ0n) is 6.88. The van der Waals surface area contributed by atoms with Crippen molar-refractivity contribution in [2.45, 2.75) is 13.3 Å². The second-order valence-corrected chi connectivity index (χ2v) is 4.92. The lowest BCUT2D eigenvalue weighted by atomic mass is 10.2. The van der Waals surface area contributed by atoms with Gasteiger partial charge in [-0.05, 0) is 34.5 Å². The average molecular weight is 271 g/mol. The van der Waals surface area contributed by atoms with Gasteiger partial charge < -0.3 is 4.42 Å². The van der Waals surface area contributed by atoms with Gasteiger partial charge in [0.05, 0.1) is 5.75 Å². The third-order valence-corrected chi connectivity index (χ3v) is 2.65. The number of halogens is 2. The molecule has 1 heterocycles. The smallest absolute Gasteiger partial charge is 0.302 e. The van der Waals surface area contributed by atoms with Gasteiger partial charge in [0.2, 0.25) is 0 Å². The Hall–Kier alpha value is -0.360. The Kier molecular flexibility index (Phi) is 3.13. The van der Waals surface area contributed by atoms with E-state index in [0.717, 1.165) is 5.56 Å². The molecule has 1 rings (SSSR count). The van der Waals surface area contributed by atoms with Crippen molar-refractivity contribution < 1.29 is 16.7 Å². The van der Waals surface area contributed by atoms with Crippen LogP contribution in [0.1, 0.15) is 11.3 Å². The highest BCUT2D eigenvalue weighted by atomic mass is 79.9. The van der Waals surface area contributed by atoms with Gasteiger partial charge in [0.15, 0.2) is 4.67 Å².